The topological polar surface area (TPSA) is 101 Å². The molecule has 0 radical (unpaired) electrons. The first-order valence-corrected chi connectivity index (χ1v) is 12.7. The maximum atomic E-state index is 13.5. The van der Waals surface area contributed by atoms with Gasteiger partial charge in [-0.1, -0.05) is 59.6 Å². The quantitative estimate of drug-likeness (QED) is 0.478. The van der Waals surface area contributed by atoms with Gasteiger partial charge >= 0.3 is 11.9 Å². The number of fused-ring (bicyclic) bond motifs is 1. The van der Waals surface area contributed by atoms with Crippen LogP contribution in [0.3, 0.4) is 0 Å². The molecule has 10 heteroatoms. The van der Waals surface area contributed by atoms with Crippen LogP contribution >= 0.6 is 34.5 Å². The van der Waals surface area contributed by atoms with Crippen molar-refractivity contribution < 1.29 is 19.1 Å². The van der Waals surface area contributed by atoms with Crippen LogP contribution in [0, 0.1) is 0 Å². The first kappa shape index (κ1) is 25.8. The van der Waals surface area contributed by atoms with E-state index in [1.54, 1.807) is 68.5 Å². The molecule has 36 heavy (non-hydrogen) atoms. The van der Waals surface area contributed by atoms with Crippen molar-refractivity contribution in [1.82, 2.24) is 4.57 Å². The number of hydrogen-bond acceptors (Lipinski definition) is 7. The van der Waals surface area contributed by atoms with Crippen molar-refractivity contribution in [3.63, 3.8) is 0 Å². The second-order valence-electron chi connectivity index (χ2n) is 7.69. The van der Waals surface area contributed by atoms with E-state index < -0.39 is 23.4 Å². The van der Waals surface area contributed by atoms with Gasteiger partial charge in [-0.05, 0) is 43.2 Å². The zero-order valence-electron chi connectivity index (χ0n) is 19.4. The Kier molecular flexibility index (Phi) is 7.68. The molecule has 0 saturated heterocycles. The summed E-state index contributed by atoms with van der Waals surface area (Å²) in [6.45, 7) is 3.47. The van der Waals surface area contributed by atoms with Crippen molar-refractivity contribution in [3.05, 3.63) is 94.8 Å². The molecule has 2 aromatic carbocycles. The Morgan fingerprint density at radius 2 is 1.56 bits per heavy atom. The van der Waals surface area contributed by atoms with Crippen LogP contribution in [0.15, 0.2) is 58.9 Å². The fourth-order valence-electron chi connectivity index (χ4n) is 4.02. The Labute approximate surface area is 220 Å². The SMILES string of the molecule is CCOC(=O)C1=C(N)n2c(s/c(=C\c3ccccc3Cl)c2=O)=C(C(=O)OCC)[C@H]1c1ccccc1Cl. The molecule has 0 fully saturated rings. The average Bonchev–Trinajstić information content (AvgIpc) is 3.16. The van der Waals surface area contributed by atoms with Crippen molar-refractivity contribution in [2.75, 3.05) is 13.2 Å². The van der Waals surface area contributed by atoms with E-state index in [2.05, 4.69) is 0 Å². The van der Waals surface area contributed by atoms with Gasteiger partial charge in [0, 0.05) is 10.0 Å². The smallest absolute Gasteiger partial charge is 0.338 e. The van der Waals surface area contributed by atoms with E-state index in [0.29, 0.717) is 21.2 Å². The highest BCUT2D eigenvalue weighted by Crippen LogP contribution is 2.40. The Bertz CT molecular complexity index is 1570. The van der Waals surface area contributed by atoms with Crippen LogP contribution < -0.4 is 20.5 Å². The number of carbonyl (C=O) groups excluding carboxylic acids is 2. The van der Waals surface area contributed by atoms with Gasteiger partial charge in [0.1, 0.15) is 10.5 Å². The van der Waals surface area contributed by atoms with E-state index in [-0.39, 0.29) is 39.4 Å². The average molecular weight is 545 g/mol. The van der Waals surface area contributed by atoms with Gasteiger partial charge < -0.3 is 15.2 Å². The highest BCUT2D eigenvalue weighted by Gasteiger charge is 2.40. The standard InChI is InChI=1S/C26H22Cl2N2O5S/c1-3-34-25(32)20-19(15-10-6-8-12-17(15)28)21(26(33)35-4-2)24-30(22(20)29)23(31)18(36-24)13-14-9-5-7-11-16(14)27/h5-13,19H,3-4,29H2,1-2H3/b18-13-/t19-/m0/s1. The summed E-state index contributed by atoms with van der Waals surface area (Å²) in [7, 11) is 0. The van der Waals surface area contributed by atoms with Gasteiger partial charge in [-0.2, -0.15) is 0 Å². The second kappa shape index (κ2) is 10.7. The third-order valence-electron chi connectivity index (χ3n) is 5.55. The molecule has 0 spiro atoms. The summed E-state index contributed by atoms with van der Waals surface area (Å²) in [6.07, 6.45) is 1.62. The molecule has 1 aliphatic rings. The summed E-state index contributed by atoms with van der Waals surface area (Å²) >= 11 is 13.9. The number of halogens is 2. The van der Waals surface area contributed by atoms with E-state index in [9.17, 15) is 14.4 Å². The number of esters is 2. The molecule has 3 aromatic rings. The van der Waals surface area contributed by atoms with E-state index >= 15 is 0 Å². The van der Waals surface area contributed by atoms with Crippen LogP contribution in [-0.2, 0) is 19.1 Å². The Hall–Kier alpha value is -3.33. The number of hydrogen-bond donors (Lipinski definition) is 1. The van der Waals surface area contributed by atoms with E-state index in [4.69, 9.17) is 38.4 Å². The van der Waals surface area contributed by atoms with Gasteiger partial charge in [0.2, 0.25) is 0 Å². The fourth-order valence-corrected chi connectivity index (χ4v) is 5.61. The number of aromatic nitrogens is 1. The Balaban J connectivity index is 2.15. The predicted octanol–water partition coefficient (Wildman–Crippen LogP) is 3.25. The van der Waals surface area contributed by atoms with Crippen molar-refractivity contribution in [3.8, 4) is 0 Å². The molecule has 1 aliphatic heterocycles. The van der Waals surface area contributed by atoms with Crippen LogP contribution in [0.4, 0.5) is 0 Å². The molecule has 186 valence electrons. The molecule has 7 nitrogen and oxygen atoms in total. The number of nitrogens with two attached hydrogens (primary N) is 1. The van der Waals surface area contributed by atoms with Gasteiger partial charge in [0.15, 0.2) is 0 Å². The molecular weight excluding hydrogens is 523 g/mol. The maximum absolute atomic E-state index is 13.5. The van der Waals surface area contributed by atoms with E-state index in [0.717, 1.165) is 15.9 Å². The number of thiazole rings is 1. The first-order chi connectivity index (χ1) is 17.3. The molecule has 1 atom stereocenters. The lowest BCUT2D eigenvalue weighted by molar-refractivity contribution is -0.138. The summed E-state index contributed by atoms with van der Waals surface area (Å²) in [5.74, 6) is -2.61. The summed E-state index contributed by atoms with van der Waals surface area (Å²) in [6, 6.07) is 13.8. The van der Waals surface area contributed by atoms with E-state index in [1.807, 2.05) is 0 Å². The third kappa shape index (κ3) is 4.59. The zero-order valence-corrected chi connectivity index (χ0v) is 21.7. The molecule has 0 saturated carbocycles. The minimum atomic E-state index is -1.01. The summed E-state index contributed by atoms with van der Waals surface area (Å²) in [4.78, 5) is 40.1. The largest absolute Gasteiger partial charge is 0.463 e. The number of benzene rings is 2. The number of ether oxygens (including phenoxy) is 2. The number of rotatable bonds is 6. The molecule has 0 amide bonds. The molecule has 0 aliphatic carbocycles. The molecule has 0 unspecified atom stereocenters. The molecular formula is C26H22Cl2N2O5S. The van der Waals surface area contributed by atoms with Crippen LogP contribution in [0.25, 0.3) is 17.5 Å². The summed E-state index contributed by atoms with van der Waals surface area (Å²) < 4.78 is 12.3. The lowest BCUT2D eigenvalue weighted by Gasteiger charge is -2.27. The van der Waals surface area contributed by atoms with Gasteiger partial charge in [-0.3, -0.25) is 9.36 Å². The molecule has 4 rings (SSSR count). The molecule has 1 aromatic heterocycles. The molecule has 2 N–H and O–H groups in total. The maximum Gasteiger partial charge on any atom is 0.338 e. The van der Waals surface area contributed by atoms with Crippen LogP contribution in [0.2, 0.25) is 10.0 Å². The first-order valence-electron chi connectivity index (χ1n) is 11.1. The summed E-state index contributed by atoms with van der Waals surface area (Å²) in [5.41, 5.74) is 7.04. The highest BCUT2D eigenvalue weighted by molar-refractivity contribution is 7.07. The predicted molar refractivity (Wildman–Crippen MR) is 141 cm³/mol. The number of nitrogens with zero attached hydrogens (tertiary/aromatic N) is 1. The van der Waals surface area contributed by atoms with Gasteiger partial charge in [-0.15, -0.1) is 11.3 Å². The van der Waals surface area contributed by atoms with Gasteiger partial charge in [0.05, 0.1) is 34.8 Å². The normalized spacial score (nSPS) is 15.6. The fraction of sp³-hybridized carbons (Fsp3) is 0.192. The zero-order chi connectivity index (χ0) is 26.0. The van der Waals surface area contributed by atoms with Crippen molar-refractivity contribution in [2.45, 2.75) is 19.8 Å². The lowest BCUT2D eigenvalue weighted by atomic mass is 9.83. The Morgan fingerprint density at radius 1 is 0.972 bits per heavy atom. The monoisotopic (exact) mass is 544 g/mol. The van der Waals surface area contributed by atoms with Crippen LogP contribution in [-0.4, -0.2) is 29.7 Å². The van der Waals surface area contributed by atoms with Gasteiger partial charge in [0.25, 0.3) is 5.56 Å². The third-order valence-corrected chi connectivity index (χ3v) is 7.34. The highest BCUT2D eigenvalue weighted by atomic mass is 35.5. The summed E-state index contributed by atoms with van der Waals surface area (Å²) in [5, 5.41) is 0.765. The number of carbonyl (C=O) groups is 2. The van der Waals surface area contributed by atoms with Crippen LogP contribution in [0.5, 0.6) is 0 Å². The van der Waals surface area contributed by atoms with Crippen molar-refractivity contribution in [2.24, 2.45) is 5.73 Å². The Morgan fingerprint density at radius 3 is 2.17 bits per heavy atom. The minimum absolute atomic E-state index is 0.0651. The van der Waals surface area contributed by atoms with Crippen molar-refractivity contribution >= 4 is 63.9 Å². The lowest BCUT2D eigenvalue weighted by Crippen LogP contribution is -2.42. The van der Waals surface area contributed by atoms with Crippen molar-refractivity contribution in [1.29, 1.82) is 0 Å². The molecule has 2 heterocycles. The van der Waals surface area contributed by atoms with E-state index in [1.165, 1.54) is 0 Å². The van der Waals surface area contributed by atoms with Gasteiger partial charge in [-0.25, -0.2) is 9.59 Å². The van der Waals surface area contributed by atoms with Crippen LogP contribution in [0.1, 0.15) is 30.9 Å². The molecule has 0 bridgehead atoms. The second-order valence-corrected chi connectivity index (χ2v) is 9.53. The minimum Gasteiger partial charge on any atom is -0.463 e.